The first-order valence-corrected chi connectivity index (χ1v) is 6.96. The van der Waals surface area contributed by atoms with Gasteiger partial charge in [0.15, 0.2) is 5.78 Å². The van der Waals surface area contributed by atoms with Gasteiger partial charge in [0, 0.05) is 25.2 Å². The number of hydrogen-bond acceptors (Lipinski definition) is 4. The maximum atomic E-state index is 11.7. The van der Waals surface area contributed by atoms with E-state index < -0.39 is 0 Å². The van der Waals surface area contributed by atoms with E-state index in [0.29, 0.717) is 5.02 Å². The van der Waals surface area contributed by atoms with Crippen molar-refractivity contribution in [1.82, 2.24) is 5.01 Å². The fraction of sp³-hybridized carbons (Fsp3) is 0.400. The molecule has 0 aliphatic rings. The summed E-state index contributed by atoms with van der Waals surface area (Å²) in [5, 5.41) is 10.4. The van der Waals surface area contributed by atoms with Crippen LogP contribution in [0.15, 0.2) is 34.5 Å². The molecule has 1 aromatic rings. The van der Waals surface area contributed by atoms with Crippen molar-refractivity contribution in [2.24, 2.45) is 15.6 Å². The monoisotopic (exact) mass is 308 g/mol. The molecule has 0 aliphatic heterocycles. The molecule has 5 nitrogen and oxygen atoms in total. The highest BCUT2D eigenvalue weighted by Gasteiger charge is 2.13. The van der Waals surface area contributed by atoms with Crippen molar-refractivity contribution in [2.75, 3.05) is 12.5 Å². The third-order valence-electron chi connectivity index (χ3n) is 2.37. The lowest BCUT2D eigenvalue weighted by molar-refractivity contribution is -0.111. The Morgan fingerprint density at radius 3 is 2.33 bits per heavy atom. The Morgan fingerprint density at radius 2 is 1.86 bits per heavy atom. The van der Waals surface area contributed by atoms with E-state index in [4.69, 9.17) is 11.6 Å². The predicted molar refractivity (Wildman–Crippen MR) is 88.9 cm³/mol. The molecule has 114 valence electrons. The Bertz CT molecular complexity index is 544. The standard InChI is InChI=1S/C15H21ClN4O/c1-11(21)14(20(5)17-10-15(2,3)4)19-18-13-8-6-12(16)7-9-13/h6-10,18H,1-5H3/b17-10+,19-14-. The van der Waals surface area contributed by atoms with E-state index in [1.54, 1.807) is 37.5 Å². The molecule has 0 atom stereocenters. The lowest BCUT2D eigenvalue weighted by atomic mass is 9.99. The number of hydrogen-bond donors (Lipinski definition) is 1. The third kappa shape index (κ3) is 6.40. The van der Waals surface area contributed by atoms with E-state index in [1.165, 1.54) is 11.9 Å². The van der Waals surface area contributed by atoms with Gasteiger partial charge in [-0.1, -0.05) is 32.4 Å². The zero-order chi connectivity index (χ0) is 16.0. The molecule has 0 fully saturated rings. The van der Waals surface area contributed by atoms with E-state index in [1.807, 2.05) is 20.8 Å². The number of halogens is 1. The molecule has 1 rings (SSSR count). The van der Waals surface area contributed by atoms with Gasteiger partial charge in [0.1, 0.15) is 0 Å². The van der Waals surface area contributed by atoms with Crippen LogP contribution in [-0.4, -0.2) is 29.9 Å². The summed E-state index contributed by atoms with van der Waals surface area (Å²) >= 11 is 5.81. The zero-order valence-corrected chi connectivity index (χ0v) is 13.8. The number of hydrazone groups is 2. The van der Waals surface area contributed by atoms with Gasteiger partial charge in [-0.25, -0.2) is 5.01 Å². The number of nitrogens with zero attached hydrogens (tertiary/aromatic N) is 3. The number of nitrogens with one attached hydrogen (secondary N) is 1. The van der Waals surface area contributed by atoms with Crippen LogP contribution in [0.25, 0.3) is 0 Å². The fourth-order valence-corrected chi connectivity index (χ4v) is 1.46. The minimum absolute atomic E-state index is 0.0697. The molecule has 0 bridgehead atoms. The minimum atomic E-state index is -0.176. The average molecular weight is 309 g/mol. The number of rotatable bonds is 4. The number of anilines is 1. The summed E-state index contributed by atoms with van der Waals surface area (Å²) < 4.78 is 0. The Labute approximate surface area is 130 Å². The summed E-state index contributed by atoms with van der Waals surface area (Å²) in [6.07, 6.45) is 1.77. The maximum absolute atomic E-state index is 11.7. The first-order valence-electron chi connectivity index (χ1n) is 6.58. The largest absolute Gasteiger partial charge is 0.291 e. The van der Waals surface area contributed by atoms with Crippen molar-refractivity contribution >= 4 is 35.1 Å². The SMILES string of the molecule is CC(=O)/C(=N/Nc1ccc(Cl)cc1)N(C)/N=C/C(C)(C)C. The highest BCUT2D eigenvalue weighted by molar-refractivity contribution is 6.37. The predicted octanol–water partition coefficient (Wildman–Crippen LogP) is 3.62. The minimum Gasteiger partial charge on any atom is -0.291 e. The van der Waals surface area contributed by atoms with Gasteiger partial charge in [-0.15, -0.1) is 0 Å². The molecule has 0 spiro atoms. The number of carbonyl (C=O) groups is 1. The van der Waals surface area contributed by atoms with E-state index in [2.05, 4.69) is 15.6 Å². The van der Waals surface area contributed by atoms with Crippen LogP contribution in [0.2, 0.25) is 5.02 Å². The smallest absolute Gasteiger partial charge is 0.211 e. The topological polar surface area (TPSA) is 57.1 Å². The molecule has 6 heteroatoms. The second-order valence-corrected chi connectivity index (χ2v) is 6.18. The second kappa shape index (κ2) is 7.22. The first kappa shape index (κ1) is 17.2. The average Bonchev–Trinajstić information content (AvgIpc) is 2.37. The van der Waals surface area contributed by atoms with Gasteiger partial charge in [0.25, 0.3) is 0 Å². The van der Waals surface area contributed by atoms with Crippen LogP contribution in [0.5, 0.6) is 0 Å². The number of likely N-dealkylation sites (N-methyl/N-ethyl adjacent to an activating group) is 1. The van der Waals surface area contributed by atoms with Gasteiger partial charge in [-0.05, 0) is 29.7 Å². The van der Waals surface area contributed by atoms with Crippen LogP contribution >= 0.6 is 11.6 Å². The fourth-order valence-electron chi connectivity index (χ4n) is 1.34. The molecule has 21 heavy (non-hydrogen) atoms. The molecule has 0 heterocycles. The van der Waals surface area contributed by atoms with Crippen LogP contribution in [0, 0.1) is 5.41 Å². The third-order valence-corrected chi connectivity index (χ3v) is 2.63. The highest BCUT2D eigenvalue weighted by atomic mass is 35.5. The lowest BCUT2D eigenvalue weighted by Gasteiger charge is -2.16. The normalized spacial score (nSPS) is 12.6. The molecule has 1 aromatic carbocycles. The second-order valence-electron chi connectivity index (χ2n) is 5.74. The number of Topliss-reactive ketones (excluding diaryl/α,β-unsaturated/α-hetero) is 1. The number of carbonyl (C=O) groups excluding carboxylic acids is 1. The van der Waals surface area contributed by atoms with Crippen molar-refractivity contribution in [3.05, 3.63) is 29.3 Å². The summed E-state index contributed by atoms with van der Waals surface area (Å²) in [5.41, 5.74) is 3.50. The van der Waals surface area contributed by atoms with E-state index in [9.17, 15) is 4.79 Å². The van der Waals surface area contributed by atoms with Crippen LogP contribution in [0.4, 0.5) is 5.69 Å². The van der Waals surface area contributed by atoms with E-state index in [-0.39, 0.29) is 17.0 Å². The molecule has 0 radical (unpaired) electrons. The Kier molecular flexibility index (Phi) is 5.90. The van der Waals surface area contributed by atoms with Crippen LogP contribution in [0.1, 0.15) is 27.7 Å². The highest BCUT2D eigenvalue weighted by Crippen LogP contribution is 2.13. The van der Waals surface area contributed by atoms with Gasteiger partial charge in [-0.2, -0.15) is 10.2 Å². The molecular weight excluding hydrogens is 288 g/mol. The van der Waals surface area contributed by atoms with E-state index >= 15 is 0 Å². The van der Waals surface area contributed by atoms with E-state index in [0.717, 1.165) is 5.69 Å². The molecule has 1 N–H and O–H groups in total. The van der Waals surface area contributed by atoms with Gasteiger partial charge in [0.05, 0.1) is 5.69 Å². The molecule has 0 saturated heterocycles. The first-order chi connectivity index (χ1) is 9.69. The number of amidine groups is 1. The Morgan fingerprint density at radius 1 is 1.29 bits per heavy atom. The quantitative estimate of drug-likeness (QED) is 0.525. The molecule has 0 saturated carbocycles. The number of ketones is 1. The summed E-state index contributed by atoms with van der Waals surface area (Å²) in [7, 11) is 1.69. The van der Waals surface area contributed by atoms with Gasteiger partial charge < -0.3 is 0 Å². The number of benzene rings is 1. The van der Waals surface area contributed by atoms with Crippen molar-refractivity contribution in [3.8, 4) is 0 Å². The summed E-state index contributed by atoms with van der Waals surface area (Å²) in [5.74, 6) is 0.0514. The zero-order valence-electron chi connectivity index (χ0n) is 13.0. The van der Waals surface area contributed by atoms with Crippen molar-refractivity contribution in [1.29, 1.82) is 0 Å². The van der Waals surface area contributed by atoms with Crippen LogP contribution in [-0.2, 0) is 4.79 Å². The summed E-state index contributed by atoms with van der Waals surface area (Å²) in [6.45, 7) is 7.54. The Hall–Kier alpha value is -1.88. The molecule has 0 aliphatic carbocycles. The molecule has 0 unspecified atom stereocenters. The van der Waals surface area contributed by atoms with Gasteiger partial charge >= 0.3 is 0 Å². The van der Waals surface area contributed by atoms with Gasteiger partial charge in [-0.3, -0.25) is 10.2 Å². The summed E-state index contributed by atoms with van der Waals surface area (Å²) in [4.78, 5) is 11.7. The van der Waals surface area contributed by atoms with Crippen LogP contribution < -0.4 is 5.43 Å². The molecule has 0 aromatic heterocycles. The Balaban J connectivity index is 2.86. The molecular formula is C15H21ClN4O. The molecule has 0 amide bonds. The van der Waals surface area contributed by atoms with Crippen molar-refractivity contribution in [2.45, 2.75) is 27.7 Å². The van der Waals surface area contributed by atoms with Gasteiger partial charge in [0.2, 0.25) is 5.84 Å². The van der Waals surface area contributed by atoms with Crippen LogP contribution in [0.3, 0.4) is 0 Å². The van der Waals surface area contributed by atoms with Crippen molar-refractivity contribution < 1.29 is 4.79 Å². The van der Waals surface area contributed by atoms with Crippen molar-refractivity contribution in [3.63, 3.8) is 0 Å². The lowest BCUT2D eigenvalue weighted by Crippen LogP contribution is -2.29. The maximum Gasteiger partial charge on any atom is 0.211 e. The summed E-state index contributed by atoms with van der Waals surface area (Å²) in [6, 6.07) is 7.05.